The third kappa shape index (κ3) is 21.4. The number of aliphatic hydroxyl groups is 1. The van der Waals surface area contributed by atoms with Crippen molar-refractivity contribution >= 4 is 11.9 Å². The Morgan fingerprint density at radius 1 is 0.724 bits per heavy atom. The Bertz CT molecular complexity index is 415. The summed E-state index contributed by atoms with van der Waals surface area (Å²) in [7, 11) is 0. The van der Waals surface area contributed by atoms with Crippen molar-refractivity contribution in [3.63, 3.8) is 0 Å². The standard InChI is InChI=1S/C25H46O4/c1-3-4-5-6-7-8-9-10-11-12-13-14-15-16-17-18-19-20-21-22-24(27)29-25(28)23(2)26/h10-11,23,26H,3-9,12-22H2,1-2H3/b11-10-. The molecule has 0 heterocycles. The summed E-state index contributed by atoms with van der Waals surface area (Å²) in [5.41, 5.74) is 0. The van der Waals surface area contributed by atoms with Crippen LogP contribution in [-0.2, 0) is 14.3 Å². The SMILES string of the molecule is CCCCCCCC/C=C\CCCCCCCCCCCC(=O)OC(=O)C(C)O. The molecule has 170 valence electrons. The summed E-state index contributed by atoms with van der Waals surface area (Å²) >= 11 is 0. The summed E-state index contributed by atoms with van der Waals surface area (Å²) in [6.07, 6.45) is 25.1. The first kappa shape index (κ1) is 27.8. The Morgan fingerprint density at radius 3 is 1.59 bits per heavy atom. The van der Waals surface area contributed by atoms with E-state index in [1.807, 2.05) is 0 Å². The zero-order chi connectivity index (χ0) is 21.6. The predicted octanol–water partition coefficient (Wildman–Crippen LogP) is 7.03. The molecule has 0 spiro atoms. The summed E-state index contributed by atoms with van der Waals surface area (Å²) in [6, 6.07) is 0. The molecule has 0 aliphatic carbocycles. The summed E-state index contributed by atoms with van der Waals surface area (Å²) < 4.78 is 4.52. The second-order valence-corrected chi connectivity index (χ2v) is 8.22. The van der Waals surface area contributed by atoms with Crippen molar-refractivity contribution < 1.29 is 19.4 Å². The van der Waals surface area contributed by atoms with Crippen LogP contribution < -0.4 is 0 Å². The molecule has 1 atom stereocenters. The van der Waals surface area contributed by atoms with E-state index in [0.717, 1.165) is 19.3 Å². The summed E-state index contributed by atoms with van der Waals surface area (Å²) in [5, 5.41) is 8.97. The molecule has 0 radical (unpaired) electrons. The van der Waals surface area contributed by atoms with Gasteiger partial charge in [0.25, 0.3) is 0 Å². The van der Waals surface area contributed by atoms with Gasteiger partial charge in [-0.05, 0) is 39.0 Å². The topological polar surface area (TPSA) is 63.6 Å². The molecule has 0 aromatic rings. The Labute approximate surface area is 179 Å². The molecular weight excluding hydrogens is 364 g/mol. The van der Waals surface area contributed by atoms with E-state index in [1.54, 1.807) is 0 Å². The number of esters is 2. The van der Waals surface area contributed by atoms with Gasteiger partial charge in [0.2, 0.25) is 0 Å². The van der Waals surface area contributed by atoms with Crippen LogP contribution >= 0.6 is 0 Å². The van der Waals surface area contributed by atoms with Gasteiger partial charge in [-0.1, -0.05) is 96.1 Å². The van der Waals surface area contributed by atoms with Crippen molar-refractivity contribution in [2.75, 3.05) is 0 Å². The summed E-state index contributed by atoms with van der Waals surface area (Å²) in [5.74, 6) is -1.39. The minimum absolute atomic E-state index is 0.255. The number of unbranched alkanes of at least 4 members (excludes halogenated alkanes) is 15. The summed E-state index contributed by atoms with van der Waals surface area (Å²) in [6.45, 7) is 3.56. The molecule has 4 nitrogen and oxygen atoms in total. The first-order valence-corrected chi connectivity index (χ1v) is 12.2. The van der Waals surface area contributed by atoms with Crippen LogP contribution in [0.15, 0.2) is 12.2 Å². The monoisotopic (exact) mass is 410 g/mol. The van der Waals surface area contributed by atoms with Gasteiger partial charge in [-0.2, -0.15) is 0 Å². The first-order valence-electron chi connectivity index (χ1n) is 12.2. The quantitative estimate of drug-likeness (QED) is 0.101. The van der Waals surface area contributed by atoms with E-state index in [-0.39, 0.29) is 6.42 Å². The highest BCUT2D eigenvalue weighted by Crippen LogP contribution is 2.12. The van der Waals surface area contributed by atoms with Crippen LogP contribution in [0.5, 0.6) is 0 Å². The Balaban J connectivity index is 3.23. The Morgan fingerprint density at radius 2 is 1.14 bits per heavy atom. The molecular formula is C25H46O4. The molecule has 0 aromatic heterocycles. The van der Waals surface area contributed by atoms with Crippen LogP contribution in [0.4, 0.5) is 0 Å². The smallest absolute Gasteiger partial charge is 0.342 e. The molecule has 29 heavy (non-hydrogen) atoms. The van der Waals surface area contributed by atoms with Crippen molar-refractivity contribution in [1.82, 2.24) is 0 Å². The van der Waals surface area contributed by atoms with Gasteiger partial charge >= 0.3 is 11.9 Å². The number of hydrogen-bond acceptors (Lipinski definition) is 4. The number of carbonyl (C=O) groups excluding carboxylic acids is 2. The lowest BCUT2D eigenvalue weighted by atomic mass is 10.1. The van der Waals surface area contributed by atoms with Gasteiger partial charge < -0.3 is 9.84 Å². The maximum Gasteiger partial charge on any atom is 0.342 e. The lowest BCUT2D eigenvalue weighted by molar-refractivity contribution is -0.165. The molecule has 0 rings (SSSR count). The van der Waals surface area contributed by atoms with Gasteiger partial charge in [-0.15, -0.1) is 0 Å². The van der Waals surface area contributed by atoms with E-state index in [2.05, 4.69) is 23.8 Å². The average molecular weight is 411 g/mol. The predicted molar refractivity (Wildman–Crippen MR) is 121 cm³/mol. The van der Waals surface area contributed by atoms with E-state index >= 15 is 0 Å². The molecule has 1 unspecified atom stereocenters. The molecule has 0 aliphatic rings. The highest BCUT2D eigenvalue weighted by Gasteiger charge is 2.14. The van der Waals surface area contributed by atoms with Crippen LogP contribution in [0.3, 0.4) is 0 Å². The third-order valence-corrected chi connectivity index (χ3v) is 5.20. The summed E-state index contributed by atoms with van der Waals surface area (Å²) in [4.78, 5) is 22.4. The van der Waals surface area contributed by atoms with Crippen LogP contribution in [0.25, 0.3) is 0 Å². The van der Waals surface area contributed by atoms with E-state index < -0.39 is 18.0 Å². The molecule has 0 amide bonds. The molecule has 0 aliphatic heterocycles. The Kier molecular flexibility index (Phi) is 20.7. The minimum atomic E-state index is -1.24. The molecule has 0 aromatic carbocycles. The van der Waals surface area contributed by atoms with E-state index in [0.29, 0.717) is 0 Å². The van der Waals surface area contributed by atoms with E-state index in [4.69, 9.17) is 5.11 Å². The highest BCUT2D eigenvalue weighted by molar-refractivity contribution is 5.87. The number of carbonyl (C=O) groups is 2. The maximum atomic E-state index is 11.4. The fraction of sp³-hybridized carbons (Fsp3) is 0.840. The van der Waals surface area contributed by atoms with Crippen molar-refractivity contribution in [1.29, 1.82) is 0 Å². The zero-order valence-corrected chi connectivity index (χ0v) is 19.1. The van der Waals surface area contributed by atoms with Crippen molar-refractivity contribution in [3.8, 4) is 0 Å². The number of hydrogen-bond donors (Lipinski definition) is 1. The molecule has 0 fully saturated rings. The maximum absolute atomic E-state index is 11.4. The van der Waals surface area contributed by atoms with Crippen molar-refractivity contribution in [3.05, 3.63) is 12.2 Å². The van der Waals surface area contributed by atoms with Crippen LogP contribution in [0, 0.1) is 0 Å². The van der Waals surface area contributed by atoms with Crippen LogP contribution in [0.1, 0.15) is 129 Å². The highest BCUT2D eigenvalue weighted by atomic mass is 16.6. The number of rotatable bonds is 20. The number of aliphatic hydroxyl groups excluding tert-OH is 1. The lowest BCUT2D eigenvalue weighted by Gasteiger charge is -2.05. The third-order valence-electron chi connectivity index (χ3n) is 5.20. The average Bonchev–Trinajstić information content (AvgIpc) is 2.69. The van der Waals surface area contributed by atoms with E-state index in [9.17, 15) is 9.59 Å². The Hall–Kier alpha value is -1.16. The van der Waals surface area contributed by atoms with Gasteiger partial charge in [-0.3, -0.25) is 4.79 Å². The second-order valence-electron chi connectivity index (χ2n) is 8.22. The molecule has 0 saturated carbocycles. The van der Waals surface area contributed by atoms with Gasteiger partial charge in [0, 0.05) is 6.42 Å². The fourth-order valence-corrected chi connectivity index (χ4v) is 3.30. The number of allylic oxidation sites excluding steroid dienone is 2. The first-order chi connectivity index (χ1) is 14.1. The van der Waals surface area contributed by atoms with Crippen LogP contribution in [0.2, 0.25) is 0 Å². The van der Waals surface area contributed by atoms with E-state index in [1.165, 1.54) is 96.8 Å². The lowest BCUT2D eigenvalue weighted by Crippen LogP contribution is -2.22. The molecule has 1 N–H and O–H groups in total. The second kappa shape index (κ2) is 21.5. The van der Waals surface area contributed by atoms with Gasteiger partial charge in [0.1, 0.15) is 6.10 Å². The molecule has 0 bridgehead atoms. The van der Waals surface area contributed by atoms with Gasteiger partial charge in [0.05, 0.1) is 0 Å². The van der Waals surface area contributed by atoms with Crippen molar-refractivity contribution in [2.24, 2.45) is 0 Å². The van der Waals surface area contributed by atoms with Gasteiger partial charge in [0.15, 0.2) is 0 Å². The van der Waals surface area contributed by atoms with Crippen LogP contribution in [-0.4, -0.2) is 23.1 Å². The molecule has 0 saturated heterocycles. The van der Waals surface area contributed by atoms with Gasteiger partial charge in [-0.25, -0.2) is 4.79 Å². The minimum Gasteiger partial charge on any atom is -0.391 e. The fourth-order valence-electron chi connectivity index (χ4n) is 3.30. The normalized spacial score (nSPS) is 12.4. The molecule has 4 heteroatoms. The zero-order valence-electron chi connectivity index (χ0n) is 19.1. The van der Waals surface area contributed by atoms with Crippen molar-refractivity contribution in [2.45, 2.75) is 136 Å². The largest absolute Gasteiger partial charge is 0.391 e. The number of ether oxygens (including phenoxy) is 1.